The van der Waals surface area contributed by atoms with Gasteiger partial charge >= 0.3 is 5.97 Å². The summed E-state index contributed by atoms with van der Waals surface area (Å²) in [5.41, 5.74) is 9.02. The van der Waals surface area contributed by atoms with Crippen molar-refractivity contribution in [2.75, 3.05) is 6.54 Å². The number of thiocarbonyl (C=S) groups is 1. The molecule has 29 heavy (non-hydrogen) atoms. The summed E-state index contributed by atoms with van der Waals surface area (Å²) in [6.07, 6.45) is 4.17. The Morgan fingerprint density at radius 1 is 1.21 bits per heavy atom. The van der Waals surface area contributed by atoms with Crippen LogP contribution >= 0.6 is 35.3 Å². The zero-order valence-corrected chi connectivity index (χ0v) is 18.2. The number of benzene rings is 1. The van der Waals surface area contributed by atoms with Crippen molar-refractivity contribution in [2.24, 2.45) is 5.73 Å². The summed E-state index contributed by atoms with van der Waals surface area (Å²) in [6.45, 7) is 1.03. The van der Waals surface area contributed by atoms with E-state index in [9.17, 15) is 9.59 Å². The molecule has 3 rings (SSSR count). The summed E-state index contributed by atoms with van der Waals surface area (Å²) in [7, 11) is 0. The number of hydrogen-bond donors (Lipinski definition) is 2. The molecule has 1 amide bonds. The SMILES string of the molecule is NCc1cccc(-c2csc(/C=C3\SC(=S)N(CCCCCC(=O)O)C3=O)c2)c1. The molecule has 1 saturated heterocycles. The second-order valence-electron chi connectivity index (χ2n) is 6.68. The smallest absolute Gasteiger partial charge is 0.303 e. The number of amides is 1. The molecular formula is C21H22N2O3S3. The number of nitrogens with zero attached hydrogens (tertiary/aromatic N) is 1. The molecule has 1 fully saturated rings. The first kappa shape index (κ1) is 21.7. The van der Waals surface area contributed by atoms with Gasteiger partial charge in [0, 0.05) is 24.4 Å². The van der Waals surface area contributed by atoms with E-state index in [4.69, 9.17) is 23.1 Å². The fourth-order valence-corrected chi connectivity index (χ4v) is 5.22. The van der Waals surface area contributed by atoms with Crippen LogP contribution in [0.1, 0.15) is 36.1 Å². The van der Waals surface area contributed by atoms with Gasteiger partial charge in [-0.25, -0.2) is 0 Å². The zero-order valence-electron chi connectivity index (χ0n) is 15.8. The van der Waals surface area contributed by atoms with Crippen LogP contribution in [0.4, 0.5) is 0 Å². The van der Waals surface area contributed by atoms with Gasteiger partial charge in [0.15, 0.2) is 0 Å². The monoisotopic (exact) mass is 446 g/mol. The standard InChI is InChI=1S/C21H22N2O3S3/c22-12-14-5-4-6-15(9-14)16-10-17(28-13-16)11-18-20(26)23(21(27)29-18)8-3-1-2-7-19(24)25/h4-6,9-11,13H,1-3,7-8,12,22H2,(H,24,25)/b18-11-. The van der Waals surface area contributed by atoms with E-state index in [-0.39, 0.29) is 12.3 Å². The van der Waals surface area contributed by atoms with Crippen molar-refractivity contribution in [3.63, 3.8) is 0 Å². The molecule has 5 nitrogen and oxygen atoms in total. The Bertz CT molecular complexity index is 952. The molecule has 0 atom stereocenters. The molecule has 2 heterocycles. The summed E-state index contributed by atoms with van der Waals surface area (Å²) in [5.74, 6) is -0.859. The Labute approximate surface area is 183 Å². The molecule has 152 valence electrons. The average molecular weight is 447 g/mol. The maximum Gasteiger partial charge on any atom is 0.303 e. The maximum absolute atomic E-state index is 12.7. The highest BCUT2D eigenvalue weighted by Gasteiger charge is 2.31. The Hall–Kier alpha value is -2.00. The fraction of sp³-hybridized carbons (Fsp3) is 0.286. The van der Waals surface area contributed by atoms with Crippen molar-refractivity contribution in [3.05, 3.63) is 51.1 Å². The number of rotatable bonds is 9. The molecule has 0 radical (unpaired) electrons. The molecule has 0 aliphatic carbocycles. The lowest BCUT2D eigenvalue weighted by Gasteiger charge is -2.13. The summed E-state index contributed by atoms with van der Waals surface area (Å²) < 4.78 is 0.562. The normalized spacial score (nSPS) is 15.5. The highest BCUT2D eigenvalue weighted by molar-refractivity contribution is 8.26. The van der Waals surface area contributed by atoms with Crippen LogP contribution in [0.25, 0.3) is 17.2 Å². The van der Waals surface area contributed by atoms with E-state index in [1.165, 1.54) is 11.8 Å². The molecule has 8 heteroatoms. The van der Waals surface area contributed by atoms with Gasteiger partial charge < -0.3 is 10.8 Å². The fourth-order valence-electron chi connectivity index (χ4n) is 3.00. The molecule has 0 saturated carbocycles. The molecule has 1 aromatic carbocycles. The quantitative estimate of drug-likeness (QED) is 0.329. The third-order valence-electron chi connectivity index (χ3n) is 4.54. The lowest BCUT2D eigenvalue weighted by molar-refractivity contribution is -0.137. The van der Waals surface area contributed by atoms with E-state index in [0.29, 0.717) is 28.7 Å². The van der Waals surface area contributed by atoms with Gasteiger partial charge in [-0.15, -0.1) is 11.3 Å². The molecule has 2 aromatic rings. The summed E-state index contributed by atoms with van der Waals surface area (Å²) in [5, 5.41) is 10.8. The second-order valence-corrected chi connectivity index (χ2v) is 9.30. The first-order valence-corrected chi connectivity index (χ1v) is 11.4. The zero-order chi connectivity index (χ0) is 20.8. The van der Waals surface area contributed by atoms with Crippen LogP contribution in [0, 0.1) is 0 Å². The van der Waals surface area contributed by atoms with Gasteiger partial charge in [-0.2, -0.15) is 0 Å². The van der Waals surface area contributed by atoms with Gasteiger partial charge in [-0.3, -0.25) is 14.5 Å². The number of carbonyl (C=O) groups excluding carboxylic acids is 1. The molecule has 0 unspecified atom stereocenters. The van der Waals surface area contributed by atoms with E-state index in [2.05, 4.69) is 23.6 Å². The number of nitrogens with two attached hydrogens (primary N) is 1. The number of carbonyl (C=O) groups is 2. The van der Waals surface area contributed by atoms with E-state index < -0.39 is 5.97 Å². The number of carboxylic acids is 1. The Morgan fingerprint density at radius 2 is 2.03 bits per heavy atom. The van der Waals surface area contributed by atoms with E-state index >= 15 is 0 Å². The Balaban J connectivity index is 1.63. The molecule has 1 aromatic heterocycles. The van der Waals surface area contributed by atoms with Gasteiger partial charge in [0.25, 0.3) is 5.91 Å². The van der Waals surface area contributed by atoms with Crippen molar-refractivity contribution >= 4 is 57.6 Å². The Morgan fingerprint density at radius 3 is 2.79 bits per heavy atom. The van der Waals surface area contributed by atoms with Gasteiger partial charge in [0.05, 0.1) is 4.91 Å². The van der Waals surface area contributed by atoms with Gasteiger partial charge in [0.2, 0.25) is 0 Å². The highest BCUT2D eigenvalue weighted by atomic mass is 32.2. The third kappa shape index (κ3) is 5.76. The van der Waals surface area contributed by atoms with Crippen molar-refractivity contribution in [1.29, 1.82) is 0 Å². The largest absolute Gasteiger partial charge is 0.481 e. The topological polar surface area (TPSA) is 83.6 Å². The van der Waals surface area contributed by atoms with Crippen LogP contribution < -0.4 is 5.73 Å². The van der Waals surface area contributed by atoms with Crippen molar-refractivity contribution in [3.8, 4) is 11.1 Å². The molecule has 0 spiro atoms. The lowest BCUT2D eigenvalue weighted by atomic mass is 10.1. The lowest BCUT2D eigenvalue weighted by Crippen LogP contribution is -2.29. The highest BCUT2D eigenvalue weighted by Crippen LogP contribution is 2.35. The van der Waals surface area contributed by atoms with Gasteiger partial charge in [-0.05, 0) is 53.1 Å². The predicted molar refractivity (Wildman–Crippen MR) is 124 cm³/mol. The van der Waals surface area contributed by atoms with Crippen LogP contribution in [0.15, 0.2) is 40.6 Å². The minimum atomic E-state index is -0.788. The summed E-state index contributed by atoms with van der Waals surface area (Å²) in [6, 6.07) is 10.2. The van der Waals surface area contributed by atoms with Crippen LogP contribution in [-0.2, 0) is 16.1 Å². The molecule has 3 N–H and O–H groups in total. The van der Waals surface area contributed by atoms with Crippen molar-refractivity contribution in [1.82, 2.24) is 4.90 Å². The minimum absolute atomic E-state index is 0.0710. The van der Waals surface area contributed by atoms with Crippen LogP contribution in [0.3, 0.4) is 0 Å². The van der Waals surface area contributed by atoms with Crippen LogP contribution in [-0.4, -0.2) is 32.7 Å². The first-order chi connectivity index (χ1) is 14.0. The number of unbranched alkanes of at least 4 members (excludes halogenated alkanes) is 2. The molecule has 0 bridgehead atoms. The number of thiophene rings is 1. The number of carboxylic acid groups (broad SMARTS) is 1. The van der Waals surface area contributed by atoms with E-state index in [1.54, 1.807) is 16.2 Å². The predicted octanol–water partition coefficient (Wildman–Crippen LogP) is 4.72. The first-order valence-electron chi connectivity index (χ1n) is 9.33. The molecular weight excluding hydrogens is 424 g/mol. The number of aliphatic carboxylic acids is 1. The van der Waals surface area contributed by atoms with Crippen LogP contribution in [0.2, 0.25) is 0 Å². The number of thioether (sulfide) groups is 1. The van der Waals surface area contributed by atoms with Gasteiger partial charge in [-0.1, -0.05) is 48.6 Å². The van der Waals surface area contributed by atoms with E-state index in [0.717, 1.165) is 34.4 Å². The second kappa shape index (κ2) is 10.2. The molecule has 1 aliphatic heterocycles. The van der Waals surface area contributed by atoms with Crippen molar-refractivity contribution in [2.45, 2.75) is 32.2 Å². The van der Waals surface area contributed by atoms with Crippen LogP contribution in [0.5, 0.6) is 0 Å². The average Bonchev–Trinajstić information content (AvgIpc) is 3.27. The summed E-state index contributed by atoms with van der Waals surface area (Å²) >= 11 is 8.27. The third-order valence-corrected chi connectivity index (χ3v) is 6.79. The Kier molecular flexibility index (Phi) is 7.60. The maximum atomic E-state index is 12.7. The van der Waals surface area contributed by atoms with Gasteiger partial charge in [0.1, 0.15) is 4.32 Å². The van der Waals surface area contributed by atoms with Crippen molar-refractivity contribution < 1.29 is 14.7 Å². The number of hydrogen-bond acceptors (Lipinski definition) is 6. The molecule has 1 aliphatic rings. The minimum Gasteiger partial charge on any atom is -0.481 e. The summed E-state index contributed by atoms with van der Waals surface area (Å²) in [4.78, 5) is 26.5. The van der Waals surface area contributed by atoms with E-state index in [1.807, 2.05) is 18.2 Å².